The predicted octanol–water partition coefficient (Wildman–Crippen LogP) is 5.91. The van der Waals surface area contributed by atoms with Crippen LogP contribution in [0.3, 0.4) is 0 Å². The zero-order chi connectivity index (χ0) is 22.9. The maximum absolute atomic E-state index is 13.5. The van der Waals surface area contributed by atoms with Crippen molar-refractivity contribution in [2.75, 3.05) is 0 Å². The van der Waals surface area contributed by atoms with Crippen LogP contribution in [0.25, 0.3) is 28.0 Å². The van der Waals surface area contributed by atoms with E-state index in [2.05, 4.69) is 16.3 Å². The monoisotopic (exact) mass is 454 g/mol. The molecule has 0 spiro atoms. The van der Waals surface area contributed by atoms with Crippen LogP contribution in [0, 0.1) is 13.8 Å². The molecule has 164 valence electrons. The van der Waals surface area contributed by atoms with Gasteiger partial charge in [0.1, 0.15) is 0 Å². The Kier molecular flexibility index (Phi) is 5.56. The normalized spacial score (nSPS) is 12.2. The number of para-hydroxylation sites is 1. The highest BCUT2D eigenvalue weighted by molar-refractivity contribution is 7.99. The van der Waals surface area contributed by atoms with Gasteiger partial charge < -0.3 is 4.42 Å². The Morgan fingerprint density at radius 1 is 0.909 bits per heavy atom. The van der Waals surface area contributed by atoms with Crippen molar-refractivity contribution in [2.24, 2.45) is 0 Å². The number of hydrogen-bond donors (Lipinski definition) is 0. The highest BCUT2D eigenvalue weighted by Crippen LogP contribution is 2.35. The molecule has 0 aliphatic heterocycles. The van der Waals surface area contributed by atoms with Gasteiger partial charge in [0, 0.05) is 5.56 Å². The fourth-order valence-electron chi connectivity index (χ4n) is 3.80. The van der Waals surface area contributed by atoms with Crippen LogP contribution in [0.2, 0.25) is 0 Å². The summed E-state index contributed by atoms with van der Waals surface area (Å²) in [6.45, 7) is 6.02. The maximum atomic E-state index is 13.5. The quantitative estimate of drug-likeness (QED) is 0.243. The molecule has 33 heavy (non-hydrogen) atoms. The van der Waals surface area contributed by atoms with E-state index in [4.69, 9.17) is 9.40 Å². The van der Waals surface area contributed by atoms with E-state index in [1.807, 2.05) is 87.5 Å². The van der Waals surface area contributed by atoms with Gasteiger partial charge in [-0.2, -0.15) is 0 Å². The molecule has 0 aliphatic rings. The molecule has 7 heteroatoms. The van der Waals surface area contributed by atoms with Crippen LogP contribution in [0.5, 0.6) is 0 Å². The standard InChI is InChI=1S/C26H22N4O2S/c1-16-13-17(2)15-20(14-16)30-25(31)21-11-7-8-12-22(21)27-26(30)33-18(3)23-28-29-24(32-23)19-9-5-4-6-10-19/h4-15,18H,1-3H3. The second-order valence-electron chi connectivity index (χ2n) is 7.97. The average molecular weight is 455 g/mol. The van der Waals surface area contributed by atoms with Gasteiger partial charge in [0.15, 0.2) is 5.16 Å². The van der Waals surface area contributed by atoms with E-state index in [-0.39, 0.29) is 10.8 Å². The first kappa shape index (κ1) is 21.2. The van der Waals surface area contributed by atoms with Crippen LogP contribution < -0.4 is 5.56 Å². The topological polar surface area (TPSA) is 73.8 Å². The van der Waals surface area contributed by atoms with E-state index in [1.54, 1.807) is 4.57 Å². The molecule has 0 N–H and O–H groups in total. The zero-order valence-electron chi connectivity index (χ0n) is 18.5. The van der Waals surface area contributed by atoms with Gasteiger partial charge >= 0.3 is 0 Å². The Bertz CT molecular complexity index is 1490. The molecule has 5 aromatic rings. The molecule has 0 amide bonds. The Balaban J connectivity index is 1.59. The van der Waals surface area contributed by atoms with Gasteiger partial charge in [0.05, 0.1) is 21.8 Å². The van der Waals surface area contributed by atoms with Gasteiger partial charge in [0.2, 0.25) is 11.8 Å². The highest BCUT2D eigenvalue weighted by Gasteiger charge is 2.21. The van der Waals surface area contributed by atoms with E-state index in [1.165, 1.54) is 11.8 Å². The lowest BCUT2D eigenvalue weighted by atomic mass is 10.1. The van der Waals surface area contributed by atoms with Gasteiger partial charge in [-0.15, -0.1) is 10.2 Å². The summed E-state index contributed by atoms with van der Waals surface area (Å²) in [5.74, 6) is 0.949. The number of hydrogen-bond acceptors (Lipinski definition) is 6. The van der Waals surface area contributed by atoms with Gasteiger partial charge in [-0.05, 0) is 68.3 Å². The number of benzene rings is 3. The minimum Gasteiger partial charge on any atom is -0.419 e. The molecule has 1 unspecified atom stereocenters. The lowest BCUT2D eigenvalue weighted by Crippen LogP contribution is -2.22. The van der Waals surface area contributed by atoms with Crippen LogP contribution >= 0.6 is 11.8 Å². The second-order valence-corrected chi connectivity index (χ2v) is 9.28. The van der Waals surface area contributed by atoms with E-state index in [9.17, 15) is 4.79 Å². The van der Waals surface area contributed by atoms with Crippen molar-refractivity contribution < 1.29 is 4.42 Å². The third-order valence-electron chi connectivity index (χ3n) is 5.30. The molecule has 2 heterocycles. The molecule has 0 saturated heterocycles. The van der Waals surface area contributed by atoms with Crippen LogP contribution in [-0.4, -0.2) is 19.7 Å². The summed E-state index contributed by atoms with van der Waals surface area (Å²) < 4.78 is 7.63. The van der Waals surface area contributed by atoms with Crippen molar-refractivity contribution in [3.63, 3.8) is 0 Å². The molecule has 2 aromatic heterocycles. The van der Waals surface area contributed by atoms with E-state index in [0.29, 0.717) is 27.8 Å². The Hall–Kier alpha value is -3.71. The van der Waals surface area contributed by atoms with Crippen LogP contribution in [-0.2, 0) is 0 Å². The lowest BCUT2D eigenvalue weighted by Gasteiger charge is -2.16. The number of rotatable bonds is 5. The van der Waals surface area contributed by atoms with Crippen molar-refractivity contribution in [2.45, 2.75) is 31.2 Å². The number of aromatic nitrogens is 4. The Morgan fingerprint density at radius 3 is 2.36 bits per heavy atom. The molecular formula is C26H22N4O2S. The third-order valence-corrected chi connectivity index (χ3v) is 6.34. The molecule has 0 aliphatic carbocycles. The molecule has 0 fully saturated rings. The second kappa shape index (κ2) is 8.67. The molecule has 3 aromatic carbocycles. The first-order valence-electron chi connectivity index (χ1n) is 10.7. The Morgan fingerprint density at radius 2 is 1.61 bits per heavy atom. The lowest BCUT2D eigenvalue weighted by molar-refractivity contribution is 0.508. The zero-order valence-corrected chi connectivity index (χ0v) is 19.3. The van der Waals surface area contributed by atoms with E-state index in [0.717, 1.165) is 22.4 Å². The van der Waals surface area contributed by atoms with Crippen molar-refractivity contribution in [3.8, 4) is 17.1 Å². The van der Waals surface area contributed by atoms with Gasteiger partial charge in [-0.3, -0.25) is 9.36 Å². The summed E-state index contributed by atoms with van der Waals surface area (Å²) in [7, 11) is 0. The molecule has 6 nitrogen and oxygen atoms in total. The fourth-order valence-corrected chi connectivity index (χ4v) is 4.76. The number of fused-ring (bicyclic) bond motifs is 1. The molecule has 0 saturated carbocycles. The van der Waals surface area contributed by atoms with Crippen LogP contribution in [0.4, 0.5) is 0 Å². The largest absolute Gasteiger partial charge is 0.419 e. The number of aryl methyl sites for hydroxylation is 2. The molecular weight excluding hydrogens is 432 g/mol. The summed E-state index contributed by atoms with van der Waals surface area (Å²) in [4.78, 5) is 18.4. The number of nitrogens with zero attached hydrogens (tertiary/aromatic N) is 4. The minimum absolute atomic E-state index is 0.101. The van der Waals surface area contributed by atoms with Gasteiger partial charge in [-0.1, -0.05) is 48.2 Å². The molecule has 0 bridgehead atoms. The Labute approximate surface area is 195 Å². The molecule has 0 radical (unpaired) electrons. The van der Waals surface area contributed by atoms with Gasteiger partial charge in [0.25, 0.3) is 5.56 Å². The number of thioether (sulfide) groups is 1. The van der Waals surface area contributed by atoms with Crippen LogP contribution in [0.1, 0.15) is 29.2 Å². The predicted molar refractivity (Wildman–Crippen MR) is 131 cm³/mol. The SMILES string of the molecule is Cc1cc(C)cc(-n2c(SC(C)c3nnc(-c4ccccc4)o3)nc3ccccc3c2=O)c1. The third kappa shape index (κ3) is 4.19. The summed E-state index contributed by atoms with van der Waals surface area (Å²) in [6.07, 6.45) is 0. The van der Waals surface area contributed by atoms with E-state index >= 15 is 0 Å². The fraction of sp³-hybridized carbons (Fsp3) is 0.154. The van der Waals surface area contributed by atoms with Crippen LogP contribution in [0.15, 0.2) is 87.2 Å². The van der Waals surface area contributed by atoms with Gasteiger partial charge in [-0.25, -0.2) is 4.98 Å². The van der Waals surface area contributed by atoms with E-state index < -0.39 is 0 Å². The maximum Gasteiger partial charge on any atom is 0.266 e. The highest BCUT2D eigenvalue weighted by atomic mass is 32.2. The summed E-state index contributed by atoms with van der Waals surface area (Å²) >= 11 is 1.42. The average Bonchev–Trinajstić information content (AvgIpc) is 3.30. The first-order chi connectivity index (χ1) is 16.0. The smallest absolute Gasteiger partial charge is 0.266 e. The summed E-state index contributed by atoms with van der Waals surface area (Å²) in [6, 6.07) is 23.2. The minimum atomic E-state index is -0.208. The molecule has 5 rings (SSSR count). The van der Waals surface area contributed by atoms with Crippen molar-refractivity contribution in [1.29, 1.82) is 0 Å². The first-order valence-corrected chi connectivity index (χ1v) is 11.5. The molecule has 1 atom stereocenters. The summed E-state index contributed by atoms with van der Waals surface area (Å²) in [5, 5.41) is 9.41. The van der Waals surface area contributed by atoms with Crippen molar-refractivity contribution in [3.05, 3.63) is 100 Å². The van der Waals surface area contributed by atoms with Crippen molar-refractivity contribution in [1.82, 2.24) is 19.7 Å². The summed E-state index contributed by atoms with van der Waals surface area (Å²) in [5.41, 5.74) is 4.38. The van der Waals surface area contributed by atoms with Crippen molar-refractivity contribution >= 4 is 22.7 Å².